The SMILES string of the molecule is COc1cccc(C(C#Cc2ccccc2)N2CCCCC2)c1. The number of benzene rings is 2. The monoisotopic (exact) mass is 305 g/mol. The van der Waals surface area contributed by atoms with E-state index in [4.69, 9.17) is 4.74 Å². The minimum absolute atomic E-state index is 0.130. The van der Waals surface area contributed by atoms with Gasteiger partial charge in [-0.15, -0.1) is 0 Å². The van der Waals surface area contributed by atoms with Crippen molar-refractivity contribution in [2.24, 2.45) is 0 Å². The highest BCUT2D eigenvalue weighted by atomic mass is 16.5. The molecule has 0 saturated carbocycles. The fraction of sp³-hybridized carbons (Fsp3) is 0.333. The summed E-state index contributed by atoms with van der Waals surface area (Å²) in [5.74, 6) is 7.73. The second-order valence-electron chi connectivity index (χ2n) is 5.91. The second-order valence-corrected chi connectivity index (χ2v) is 5.91. The van der Waals surface area contributed by atoms with E-state index in [9.17, 15) is 0 Å². The summed E-state index contributed by atoms with van der Waals surface area (Å²) in [7, 11) is 1.71. The molecule has 2 nitrogen and oxygen atoms in total. The van der Waals surface area contributed by atoms with Gasteiger partial charge in [0, 0.05) is 5.56 Å². The first-order valence-electron chi connectivity index (χ1n) is 8.31. The molecule has 2 aromatic carbocycles. The molecular weight excluding hydrogens is 282 g/mol. The lowest BCUT2D eigenvalue weighted by atomic mass is 10.0. The predicted molar refractivity (Wildman–Crippen MR) is 94.5 cm³/mol. The van der Waals surface area contributed by atoms with E-state index in [0.717, 1.165) is 24.4 Å². The van der Waals surface area contributed by atoms with Gasteiger partial charge in [-0.2, -0.15) is 0 Å². The molecule has 0 spiro atoms. The number of rotatable bonds is 3. The average Bonchev–Trinajstić information content (AvgIpc) is 2.64. The van der Waals surface area contributed by atoms with Gasteiger partial charge in [0.15, 0.2) is 0 Å². The largest absolute Gasteiger partial charge is 0.497 e. The van der Waals surface area contributed by atoms with Gasteiger partial charge in [-0.25, -0.2) is 0 Å². The Morgan fingerprint density at radius 1 is 0.957 bits per heavy atom. The van der Waals surface area contributed by atoms with Crippen LogP contribution in [0.2, 0.25) is 0 Å². The molecule has 0 aliphatic carbocycles. The van der Waals surface area contributed by atoms with Crippen LogP contribution in [0.3, 0.4) is 0 Å². The molecular formula is C21H23NO. The Morgan fingerprint density at radius 3 is 2.48 bits per heavy atom. The van der Waals surface area contributed by atoms with Crippen LogP contribution in [0, 0.1) is 11.8 Å². The zero-order chi connectivity index (χ0) is 15.9. The Bertz CT molecular complexity index is 678. The average molecular weight is 305 g/mol. The molecule has 118 valence electrons. The standard InChI is InChI=1S/C21H23NO/c1-23-20-12-8-11-19(17-20)21(22-15-6-3-7-16-22)14-13-18-9-4-2-5-10-18/h2,4-5,8-12,17,21H,3,6-7,15-16H2,1H3. The van der Waals surface area contributed by atoms with Crippen molar-refractivity contribution < 1.29 is 4.74 Å². The lowest BCUT2D eigenvalue weighted by molar-refractivity contribution is 0.197. The summed E-state index contributed by atoms with van der Waals surface area (Å²) in [6, 6.07) is 18.6. The van der Waals surface area contributed by atoms with E-state index in [1.54, 1.807) is 7.11 Å². The molecule has 1 unspecified atom stereocenters. The van der Waals surface area contributed by atoms with E-state index in [0.29, 0.717) is 0 Å². The van der Waals surface area contributed by atoms with Crippen LogP contribution in [0.1, 0.15) is 36.4 Å². The predicted octanol–water partition coefficient (Wildman–Crippen LogP) is 4.27. The summed E-state index contributed by atoms with van der Waals surface area (Å²) in [4.78, 5) is 2.49. The van der Waals surface area contributed by atoms with E-state index in [1.807, 2.05) is 24.3 Å². The maximum atomic E-state index is 5.39. The number of piperidine rings is 1. The van der Waals surface area contributed by atoms with Gasteiger partial charge in [0.2, 0.25) is 0 Å². The molecule has 1 heterocycles. The molecule has 1 fully saturated rings. The number of ether oxygens (including phenoxy) is 1. The fourth-order valence-corrected chi connectivity index (χ4v) is 3.05. The van der Waals surface area contributed by atoms with Crippen LogP contribution in [0.25, 0.3) is 0 Å². The van der Waals surface area contributed by atoms with E-state index in [2.05, 4.69) is 47.1 Å². The molecule has 0 radical (unpaired) electrons. The van der Waals surface area contributed by atoms with Crippen LogP contribution in [0.15, 0.2) is 54.6 Å². The van der Waals surface area contributed by atoms with Gasteiger partial charge in [0.25, 0.3) is 0 Å². The van der Waals surface area contributed by atoms with Gasteiger partial charge < -0.3 is 4.74 Å². The number of nitrogens with zero attached hydrogens (tertiary/aromatic N) is 1. The normalized spacial score (nSPS) is 16.2. The van der Waals surface area contributed by atoms with Crippen LogP contribution in [0.4, 0.5) is 0 Å². The van der Waals surface area contributed by atoms with Crippen molar-refractivity contribution in [3.63, 3.8) is 0 Å². The first-order chi connectivity index (χ1) is 11.4. The summed E-state index contributed by atoms with van der Waals surface area (Å²) >= 11 is 0. The first kappa shape index (κ1) is 15.6. The van der Waals surface area contributed by atoms with Gasteiger partial charge in [0.1, 0.15) is 5.75 Å². The number of likely N-dealkylation sites (tertiary alicyclic amines) is 1. The molecule has 1 aliphatic rings. The molecule has 23 heavy (non-hydrogen) atoms. The third kappa shape index (κ3) is 4.15. The van der Waals surface area contributed by atoms with E-state index in [-0.39, 0.29) is 6.04 Å². The molecule has 3 rings (SSSR count). The Hall–Kier alpha value is -2.24. The van der Waals surface area contributed by atoms with Crippen molar-refractivity contribution in [3.05, 3.63) is 65.7 Å². The molecule has 2 aromatic rings. The van der Waals surface area contributed by atoms with Crippen molar-refractivity contribution in [1.82, 2.24) is 4.90 Å². The highest BCUT2D eigenvalue weighted by Gasteiger charge is 2.20. The van der Waals surface area contributed by atoms with Crippen LogP contribution in [-0.2, 0) is 0 Å². The smallest absolute Gasteiger partial charge is 0.119 e. The van der Waals surface area contributed by atoms with Crippen LogP contribution < -0.4 is 4.74 Å². The van der Waals surface area contributed by atoms with Crippen molar-refractivity contribution >= 4 is 0 Å². The number of methoxy groups -OCH3 is 1. The van der Waals surface area contributed by atoms with Crippen LogP contribution in [-0.4, -0.2) is 25.1 Å². The van der Waals surface area contributed by atoms with E-state index < -0.39 is 0 Å². The lowest BCUT2D eigenvalue weighted by Gasteiger charge is -2.32. The molecule has 1 aliphatic heterocycles. The van der Waals surface area contributed by atoms with Gasteiger partial charge >= 0.3 is 0 Å². The molecule has 0 bridgehead atoms. The molecule has 2 heteroatoms. The quantitative estimate of drug-likeness (QED) is 0.785. The van der Waals surface area contributed by atoms with Gasteiger partial charge in [0.05, 0.1) is 13.2 Å². The molecule has 0 aromatic heterocycles. The Labute approximate surface area is 139 Å². The van der Waals surface area contributed by atoms with E-state index in [1.165, 1.54) is 24.8 Å². The maximum absolute atomic E-state index is 5.39. The fourth-order valence-electron chi connectivity index (χ4n) is 3.05. The lowest BCUT2D eigenvalue weighted by Crippen LogP contribution is -2.33. The molecule has 1 saturated heterocycles. The minimum Gasteiger partial charge on any atom is -0.497 e. The van der Waals surface area contributed by atoms with Crippen molar-refractivity contribution in [1.29, 1.82) is 0 Å². The maximum Gasteiger partial charge on any atom is 0.119 e. The molecule has 0 amide bonds. The highest BCUT2D eigenvalue weighted by Crippen LogP contribution is 2.26. The highest BCUT2D eigenvalue weighted by molar-refractivity contribution is 5.39. The third-order valence-corrected chi connectivity index (χ3v) is 4.29. The zero-order valence-electron chi connectivity index (χ0n) is 13.7. The molecule has 1 atom stereocenters. The number of hydrogen-bond donors (Lipinski definition) is 0. The van der Waals surface area contributed by atoms with Crippen molar-refractivity contribution in [3.8, 4) is 17.6 Å². The van der Waals surface area contributed by atoms with Crippen LogP contribution >= 0.6 is 0 Å². The van der Waals surface area contributed by atoms with Gasteiger partial charge in [-0.05, 0) is 55.8 Å². The summed E-state index contributed by atoms with van der Waals surface area (Å²) in [5, 5.41) is 0. The summed E-state index contributed by atoms with van der Waals surface area (Å²) < 4.78 is 5.39. The summed E-state index contributed by atoms with van der Waals surface area (Å²) in [6.45, 7) is 2.23. The van der Waals surface area contributed by atoms with Gasteiger partial charge in [-0.1, -0.05) is 48.6 Å². The van der Waals surface area contributed by atoms with Crippen LogP contribution in [0.5, 0.6) is 5.75 Å². The zero-order valence-corrected chi connectivity index (χ0v) is 13.7. The molecule has 0 N–H and O–H groups in total. The minimum atomic E-state index is 0.130. The Kier molecular flexibility index (Phi) is 5.34. The van der Waals surface area contributed by atoms with Gasteiger partial charge in [-0.3, -0.25) is 4.90 Å². The summed E-state index contributed by atoms with van der Waals surface area (Å²) in [5.41, 5.74) is 2.28. The van der Waals surface area contributed by atoms with Crippen molar-refractivity contribution in [2.75, 3.05) is 20.2 Å². The van der Waals surface area contributed by atoms with E-state index >= 15 is 0 Å². The van der Waals surface area contributed by atoms with Crippen molar-refractivity contribution in [2.45, 2.75) is 25.3 Å². The Morgan fingerprint density at radius 2 is 1.74 bits per heavy atom. The first-order valence-corrected chi connectivity index (χ1v) is 8.31. The summed E-state index contributed by atoms with van der Waals surface area (Å²) in [6.07, 6.45) is 3.84. The number of hydrogen-bond acceptors (Lipinski definition) is 2. The topological polar surface area (TPSA) is 12.5 Å². The second kappa shape index (κ2) is 7.85. The third-order valence-electron chi connectivity index (χ3n) is 4.29. The Balaban J connectivity index is 1.91.